The van der Waals surface area contributed by atoms with Gasteiger partial charge in [0.25, 0.3) is 0 Å². The molecule has 1 aromatic heterocycles. The molecule has 1 aromatic carbocycles. The van der Waals surface area contributed by atoms with Crippen molar-refractivity contribution in [3.05, 3.63) is 53.7 Å². The van der Waals surface area contributed by atoms with E-state index >= 15 is 0 Å². The number of carbonyl (C=O) groups excluding carboxylic acids is 1. The second-order valence-corrected chi connectivity index (χ2v) is 7.16. The lowest BCUT2D eigenvalue weighted by molar-refractivity contribution is -0.116. The highest BCUT2D eigenvalue weighted by Gasteiger charge is 2.27. The third kappa shape index (κ3) is 7.01. The first-order valence-electron chi connectivity index (χ1n) is 9.85. The van der Waals surface area contributed by atoms with Gasteiger partial charge in [0.1, 0.15) is 23.1 Å². The molecule has 0 aliphatic carbocycles. The summed E-state index contributed by atoms with van der Waals surface area (Å²) in [5, 5.41) is 9.07. The molecule has 3 N–H and O–H groups in total. The summed E-state index contributed by atoms with van der Waals surface area (Å²) in [6, 6.07) is 7.50. The van der Waals surface area contributed by atoms with Gasteiger partial charge in [-0.05, 0) is 37.1 Å². The fraction of sp³-hybridized carbons (Fsp3) is 0.381. The summed E-state index contributed by atoms with van der Waals surface area (Å²) in [6.45, 7) is 3.31. The van der Waals surface area contributed by atoms with Crippen molar-refractivity contribution in [2.24, 2.45) is 4.99 Å². The lowest BCUT2D eigenvalue weighted by Crippen LogP contribution is -2.45. The number of nitrogens with zero attached hydrogens (tertiary/aromatic N) is 3. The number of para-hydroxylation sites is 1. The molecule has 1 fully saturated rings. The zero-order valence-corrected chi connectivity index (χ0v) is 19.8. The van der Waals surface area contributed by atoms with E-state index in [2.05, 4.69) is 25.9 Å². The van der Waals surface area contributed by atoms with Crippen LogP contribution in [0.5, 0.6) is 0 Å². The number of anilines is 2. The molecule has 7 nitrogen and oxygen atoms in total. The summed E-state index contributed by atoms with van der Waals surface area (Å²) in [5.41, 5.74) is 1.03. The molecular formula is C21H27F2IN6O. The number of pyridine rings is 1. The molecule has 1 atom stereocenters. The molecule has 0 spiro atoms. The summed E-state index contributed by atoms with van der Waals surface area (Å²) in [7, 11) is 1.63. The molecule has 0 bridgehead atoms. The number of nitrogens with one attached hydrogen (secondary N) is 3. The number of rotatable bonds is 6. The predicted molar refractivity (Wildman–Crippen MR) is 129 cm³/mol. The minimum absolute atomic E-state index is 0. The van der Waals surface area contributed by atoms with Gasteiger partial charge >= 0.3 is 0 Å². The largest absolute Gasteiger partial charge is 0.365 e. The Kier molecular flexibility index (Phi) is 9.41. The maximum absolute atomic E-state index is 14.0. The minimum Gasteiger partial charge on any atom is -0.365 e. The van der Waals surface area contributed by atoms with Crippen molar-refractivity contribution in [3.63, 3.8) is 0 Å². The number of aromatic nitrogens is 1. The summed E-state index contributed by atoms with van der Waals surface area (Å²) in [4.78, 5) is 22.0. The number of benzene rings is 1. The van der Waals surface area contributed by atoms with Crippen LogP contribution in [-0.4, -0.2) is 49.6 Å². The van der Waals surface area contributed by atoms with Crippen LogP contribution in [0.25, 0.3) is 0 Å². The molecule has 31 heavy (non-hydrogen) atoms. The van der Waals surface area contributed by atoms with Gasteiger partial charge in [0, 0.05) is 45.3 Å². The Balaban J connectivity index is 0.00000341. The van der Waals surface area contributed by atoms with Gasteiger partial charge in [-0.2, -0.15) is 0 Å². The average Bonchev–Trinajstić information content (AvgIpc) is 3.17. The van der Waals surface area contributed by atoms with Crippen LogP contribution in [0, 0.1) is 18.6 Å². The van der Waals surface area contributed by atoms with Gasteiger partial charge in [-0.25, -0.2) is 13.8 Å². The molecule has 10 heteroatoms. The summed E-state index contributed by atoms with van der Waals surface area (Å²) in [5.74, 6) is -0.229. The van der Waals surface area contributed by atoms with E-state index in [1.54, 1.807) is 24.2 Å². The summed E-state index contributed by atoms with van der Waals surface area (Å²) < 4.78 is 28.0. The Morgan fingerprint density at radius 1 is 1.26 bits per heavy atom. The normalized spacial score (nSPS) is 15.9. The van der Waals surface area contributed by atoms with Crippen molar-refractivity contribution in [1.82, 2.24) is 15.6 Å². The number of halogens is 3. The number of amides is 1. The first-order chi connectivity index (χ1) is 14.5. The maximum atomic E-state index is 14.0. The van der Waals surface area contributed by atoms with E-state index in [0.29, 0.717) is 37.8 Å². The SMILES string of the molecule is CN=C(NCCC(=O)Nc1ccc(C)cn1)NC1CCN(c2c(F)cccc2F)C1.I. The Bertz CT molecular complexity index is 889. The van der Waals surface area contributed by atoms with Crippen LogP contribution in [0.2, 0.25) is 0 Å². The highest BCUT2D eigenvalue weighted by molar-refractivity contribution is 14.0. The molecule has 1 amide bonds. The van der Waals surface area contributed by atoms with Crippen molar-refractivity contribution < 1.29 is 13.6 Å². The molecule has 1 unspecified atom stereocenters. The van der Waals surface area contributed by atoms with Crippen LogP contribution in [0.3, 0.4) is 0 Å². The molecular weight excluding hydrogens is 517 g/mol. The summed E-state index contributed by atoms with van der Waals surface area (Å²) in [6.07, 6.45) is 2.65. The van der Waals surface area contributed by atoms with E-state index in [1.807, 2.05) is 13.0 Å². The van der Waals surface area contributed by atoms with Crippen LogP contribution < -0.4 is 20.9 Å². The monoisotopic (exact) mass is 544 g/mol. The third-order valence-corrected chi connectivity index (χ3v) is 4.83. The van der Waals surface area contributed by atoms with Crippen molar-refractivity contribution in [2.75, 3.05) is 36.9 Å². The number of hydrogen-bond donors (Lipinski definition) is 3. The Morgan fingerprint density at radius 3 is 2.65 bits per heavy atom. The van der Waals surface area contributed by atoms with Gasteiger partial charge in [0.15, 0.2) is 5.96 Å². The van der Waals surface area contributed by atoms with Gasteiger partial charge in [0.05, 0.1) is 0 Å². The van der Waals surface area contributed by atoms with Crippen LogP contribution >= 0.6 is 24.0 Å². The Morgan fingerprint density at radius 2 is 2.00 bits per heavy atom. The average molecular weight is 544 g/mol. The lowest BCUT2D eigenvalue weighted by atomic mass is 10.2. The highest BCUT2D eigenvalue weighted by atomic mass is 127. The van der Waals surface area contributed by atoms with E-state index in [1.165, 1.54) is 18.2 Å². The third-order valence-electron chi connectivity index (χ3n) is 4.83. The Hall–Kier alpha value is -2.50. The van der Waals surface area contributed by atoms with Crippen LogP contribution in [0.15, 0.2) is 41.5 Å². The first kappa shape index (κ1) is 24.8. The highest BCUT2D eigenvalue weighted by Crippen LogP contribution is 2.26. The molecule has 1 aliphatic heterocycles. The number of aliphatic imine (C=N–C) groups is 1. The van der Waals surface area contributed by atoms with Crippen molar-refractivity contribution in [3.8, 4) is 0 Å². The van der Waals surface area contributed by atoms with Gasteiger partial charge < -0.3 is 20.9 Å². The second kappa shape index (κ2) is 11.8. The van der Waals surface area contributed by atoms with Crippen LogP contribution in [0.4, 0.5) is 20.3 Å². The number of guanidine groups is 1. The predicted octanol–water partition coefficient (Wildman–Crippen LogP) is 3.06. The first-order valence-corrected chi connectivity index (χ1v) is 9.85. The molecule has 1 aliphatic rings. The maximum Gasteiger partial charge on any atom is 0.227 e. The molecule has 3 rings (SSSR count). The van der Waals surface area contributed by atoms with Gasteiger partial charge in [-0.1, -0.05) is 12.1 Å². The van der Waals surface area contributed by atoms with Crippen molar-refractivity contribution in [1.29, 1.82) is 0 Å². The number of hydrogen-bond acceptors (Lipinski definition) is 4. The van der Waals surface area contributed by atoms with Gasteiger partial charge in [0.2, 0.25) is 5.91 Å². The number of aryl methyl sites for hydroxylation is 1. The van der Waals surface area contributed by atoms with E-state index < -0.39 is 11.6 Å². The standard InChI is InChI=1S/C21H26F2N6O.HI/c1-14-6-7-18(26-12-14)28-19(30)8-10-25-21(24-2)27-15-9-11-29(13-15)20-16(22)4-3-5-17(20)23;/h3-7,12,15H,8-11,13H2,1-2H3,(H2,24,25,27)(H,26,28,30);1H. The van der Waals surface area contributed by atoms with E-state index in [-0.39, 0.29) is 48.0 Å². The fourth-order valence-electron chi connectivity index (χ4n) is 3.30. The minimum atomic E-state index is -0.563. The molecule has 0 radical (unpaired) electrons. The molecule has 168 valence electrons. The summed E-state index contributed by atoms with van der Waals surface area (Å²) >= 11 is 0. The van der Waals surface area contributed by atoms with E-state index in [9.17, 15) is 13.6 Å². The molecule has 2 heterocycles. The van der Waals surface area contributed by atoms with E-state index in [4.69, 9.17) is 0 Å². The number of carbonyl (C=O) groups is 1. The van der Waals surface area contributed by atoms with Crippen molar-refractivity contribution in [2.45, 2.75) is 25.8 Å². The topological polar surface area (TPSA) is 81.6 Å². The van der Waals surface area contributed by atoms with Crippen molar-refractivity contribution >= 4 is 47.3 Å². The molecule has 2 aromatic rings. The van der Waals surface area contributed by atoms with Crippen LogP contribution in [-0.2, 0) is 4.79 Å². The zero-order valence-electron chi connectivity index (χ0n) is 17.5. The zero-order chi connectivity index (χ0) is 21.5. The molecule has 0 saturated carbocycles. The van der Waals surface area contributed by atoms with Crippen LogP contribution in [0.1, 0.15) is 18.4 Å². The smallest absolute Gasteiger partial charge is 0.227 e. The van der Waals surface area contributed by atoms with E-state index in [0.717, 1.165) is 5.56 Å². The fourth-order valence-corrected chi connectivity index (χ4v) is 3.30. The Labute approximate surface area is 197 Å². The molecule has 1 saturated heterocycles. The lowest BCUT2D eigenvalue weighted by Gasteiger charge is -2.21. The second-order valence-electron chi connectivity index (χ2n) is 7.16. The van der Waals surface area contributed by atoms with Gasteiger partial charge in [-0.3, -0.25) is 9.79 Å². The quantitative estimate of drug-likeness (QED) is 0.296. The van der Waals surface area contributed by atoms with Gasteiger partial charge in [-0.15, -0.1) is 24.0 Å².